The standard InChI is InChI=1S/C17H15ClN4O3S/c18-15-13(22-8-10-26-17(22)19-15)1-2-14(23)20-4-6-21(7-5-20)16(24)12-3-9-25-11-12/h1-3,8-11H,4-7H2/b2-1+. The monoisotopic (exact) mass is 390 g/mol. The van der Waals surface area contributed by atoms with Crippen molar-refractivity contribution in [1.29, 1.82) is 0 Å². The van der Waals surface area contributed by atoms with E-state index in [0.717, 1.165) is 4.96 Å². The number of hydrogen-bond donors (Lipinski definition) is 0. The molecule has 1 fully saturated rings. The largest absolute Gasteiger partial charge is 0.472 e. The zero-order valence-corrected chi connectivity index (χ0v) is 15.2. The Kier molecular flexibility index (Phi) is 4.52. The maximum absolute atomic E-state index is 12.4. The molecular formula is C17H15ClN4O3S. The van der Waals surface area contributed by atoms with Crippen molar-refractivity contribution < 1.29 is 14.0 Å². The van der Waals surface area contributed by atoms with Crippen molar-refractivity contribution in [3.8, 4) is 0 Å². The van der Waals surface area contributed by atoms with Crippen molar-refractivity contribution in [2.75, 3.05) is 26.2 Å². The molecule has 4 heterocycles. The molecule has 26 heavy (non-hydrogen) atoms. The van der Waals surface area contributed by atoms with Gasteiger partial charge in [0, 0.05) is 43.8 Å². The summed E-state index contributed by atoms with van der Waals surface area (Å²) in [6.07, 6.45) is 7.96. The van der Waals surface area contributed by atoms with Gasteiger partial charge in [0.05, 0.1) is 17.5 Å². The minimum Gasteiger partial charge on any atom is -0.472 e. The van der Waals surface area contributed by atoms with E-state index in [4.69, 9.17) is 16.0 Å². The lowest BCUT2D eigenvalue weighted by molar-refractivity contribution is -0.127. The third-order valence-corrected chi connectivity index (χ3v) is 5.32. The zero-order chi connectivity index (χ0) is 18.1. The lowest BCUT2D eigenvalue weighted by atomic mass is 10.2. The number of amides is 2. The van der Waals surface area contributed by atoms with Gasteiger partial charge in [-0.1, -0.05) is 11.6 Å². The molecule has 134 valence electrons. The van der Waals surface area contributed by atoms with Gasteiger partial charge in [0.1, 0.15) is 6.26 Å². The maximum Gasteiger partial charge on any atom is 0.257 e. The summed E-state index contributed by atoms with van der Waals surface area (Å²) < 4.78 is 6.79. The van der Waals surface area contributed by atoms with E-state index in [2.05, 4.69) is 4.98 Å². The fraction of sp³-hybridized carbons (Fsp3) is 0.235. The van der Waals surface area contributed by atoms with Gasteiger partial charge in [-0.2, -0.15) is 0 Å². The highest BCUT2D eigenvalue weighted by Gasteiger charge is 2.24. The summed E-state index contributed by atoms with van der Waals surface area (Å²) in [6.45, 7) is 1.96. The quantitative estimate of drug-likeness (QED) is 0.644. The van der Waals surface area contributed by atoms with Gasteiger partial charge in [-0.15, -0.1) is 11.3 Å². The second kappa shape index (κ2) is 6.97. The maximum atomic E-state index is 12.4. The van der Waals surface area contributed by atoms with Crippen molar-refractivity contribution in [3.05, 3.63) is 52.7 Å². The van der Waals surface area contributed by atoms with Crippen LogP contribution >= 0.6 is 22.9 Å². The average molecular weight is 391 g/mol. The number of furan rings is 1. The first-order chi connectivity index (χ1) is 12.6. The Morgan fingerprint density at radius 1 is 1.23 bits per heavy atom. The fourth-order valence-corrected chi connectivity index (χ4v) is 3.89. The number of piperazine rings is 1. The van der Waals surface area contributed by atoms with E-state index >= 15 is 0 Å². The van der Waals surface area contributed by atoms with Crippen LogP contribution in [-0.4, -0.2) is 57.2 Å². The molecule has 0 aliphatic carbocycles. The van der Waals surface area contributed by atoms with Crippen LogP contribution in [-0.2, 0) is 4.79 Å². The van der Waals surface area contributed by atoms with Crippen LogP contribution in [0.3, 0.4) is 0 Å². The number of thiazole rings is 1. The van der Waals surface area contributed by atoms with Crippen molar-refractivity contribution in [1.82, 2.24) is 19.2 Å². The van der Waals surface area contributed by atoms with Crippen molar-refractivity contribution in [2.45, 2.75) is 0 Å². The molecule has 0 spiro atoms. The highest BCUT2D eigenvalue weighted by Crippen LogP contribution is 2.22. The van der Waals surface area contributed by atoms with E-state index in [1.54, 1.807) is 21.9 Å². The van der Waals surface area contributed by atoms with Crippen molar-refractivity contribution in [2.24, 2.45) is 0 Å². The molecule has 0 radical (unpaired) electrons. The number of imidazole rings is 1. The minimum absolute atomic E-state index is 0.0766. The van der Waals surface area contributed by atoms with Crippen molar-refractivity contribution in [3.63, 3.8) is 0 Å². The molecule has 0 atom stereocenters. The van der Waals surface area contributed by atoms with Gasteiger partial charge in [0.15, 0.2) is 10.1 Å². The number of carbonyl (C=O) groups is 2. The summed E-state index contributed by atoms with van der Waals surface area (Å²) in [5.41, 5.74) is 1.21. The fourth-order valence-electron chi connectivity index (χ4n) is 2.88. The molecule has 2 amide bonds. The van der Waals surface area contributed by atoms with Crippen LogP contribution < -0.4 is 0 Å². The molecule has 1 aliphatic rings. The molecular weight excluding hydrogens is 376 g/mol. The second-order valence-electron chi connectivity index (χ2n) is 5.81. The third-order valence-electron chi connectivity index (χ3n) is 4.28. The normalized spacial score (nSPS) is 15.3. The number of rotatable bonds is 3. The highest BCUT2D eigenvalue weighted by atomic mass is 35.5. The van der Waals surface area contributed by atoms with Crippen LogP contribution in [0, 0.1) is 0 Å². The number of carbonyl (C=O) groups excluding carboxylic acids is 2. The molecule has 0 aromatic carbocycles. The third kappa shape index (κ3) is 3.13. The molecule has 1 aliphatic heterocycles. The molecule has 7 nitrogen and oxygen atoms in total. The molecule has 9 heteroatoms. The summed E-state index contributed by atoms with van der Waals surface area (Å²) in [7, 11) is 0. The van der Waals surface area contributed by atoms with E-state index < -0.39 is 0 Å². The predicted octanol–water partition coefficient (Wildman–Crippen LogP) is 2.64. The lowest BCUT2D eigenvalue weighted by Gasteiger charge is -2.34. The molecule has 0 bridgehead atoms. The molecule has 0 unspecified atom stereocenters. The van der Waals surface area contributed by atoms with Gasteiger partial charge in [-0.3, -0.25) is 14.0 Å². The minimum atomic E-state index is -0.110. The van der Waals surface area contributed by atoms with Gasteiger partial charge in [0.25, 0.3) is 5.91 Å². The summed E-state index contributed by atoms with van der Waals surface area (Å²) in [5, 5.41) is 2.28. The SMILES string of the molecule is O=C(/C=C/c1c(Cl)nc2sccn12)N1CCN(C(=O)c2ccoc2)CC1. The van der Waals surface area contributed by atoms with E-state index in [0.29, 0.717) is 42.6 Å². The summed E-state index contributed by atoms with van der Waals surface area (Å²) in [4.78, 5) is 33.2. The molecule has 4 rings (SSSR count). The Hall–Kier alpha value is -2.58. The van der Waals surface area contributed by atoms with Gasteiger partial charge >= 0.3 is 0 Å². The van der Waals surface area contributed by atoms with Gasteiger partial charge in [-0.05, 0) is 12.1 Å². The van der Waals surface area contributed by atoms with E-state index in [1.165, 1.54) is 29.9 Å². The summed E-state index contributed by atoms with van der Waals surface area (Å²) in [6, 6.07) is 1.64. The molecule has 0 saturated carbocycles. The van der Waals surface area contributed by atoms with E-state index in [1.807, 2.05) is 16.0 Å². The average Bonchev–Trinajstić information content (AvgIpc) is 3.37. The molecule has 0 N–H and O–H groups in total. The number of hydrogen-bond acceptors (Lipinski definition) is 5. The lowest BCUT2D eigenvalue weighted by Crippen LogP contribution is -2.50. The van der Waals surface area contributed by atoms with E-state index in [9.17, 15) is 9.59 Å². The smallest absolute Gasteiger partial charge is 0.257 e. The molecule has 3 aromatic rings. The number of aromatic nitrogens is 2. The van der Waals surface area contributed by atoms with Crippen LogP contribution in [0.2, 0.25) is 5.15 Å². The first-order valence-corrected chi connectivity index (χ1v) is 9.29. The number of fused-ring (bicyclic) bond motifs is 1. The van der Waals surface area contributed by atoms with Crippen LogP contribution in [0.15, 0.2) is 40.7 Å². The zero-order valence-electron chi connectivity index (χ0n) is 13.7. The van der Waals surface area contributed by atoms with Gasteiger partial charge < -0.3 is 14.2 Å². The van der Waals surface area contributed by atoms with E-state index in [-0.39, 0.29) is 11.8 Å². The van der Waals surface area contributed by atoms with Crippen LogP contribution in [0.25, 0.3) is 11.0 Å². The first-order valence-electron chi connectivity index (χ1n) is 8.03. The van der Waals surface area contributed by atoms with Crippen LogP contribution in [0.1, 0.15) is 16.1 Å². The Morgan fingerprint density at radius 3 is 2.73 bits per heavy atom. The topological polar surface area (TPSA) is 71.1 Å². The molecule has 3 aromatic heterocycles. The summed E-state index contributed by atoms with van der Waals surface area (Å²) >= 11 is 7.61. The number of halogens is 1. The summed E-state index contributed by atoms with van der Waals surface area (Å²) in [5.74, 6) is -0.186. The highest BCUT2D eigenvalue weighted by molar-refractivity contribution is 7.15. The van der Waals surface area contributed by atoms with Crippen LogP contribution in [0.5, 0.6) is 0 Å². The van der Waals surface area contributed by atoms with Gasteiger partial charge in [-0.25, -0.2) is 4.98 Å². The van der Waals surface area contributed by atoms with Crippen molar-refractivity contribution >= 4 is 45.8 Å². The predicted molar refractivity (Wildman–Crippen MR) is 98.3 cm³/mol. The first kappa shape index (κ1) is 16.9. The Bertz CT molecular complexity index is 968. The van der Waals surface area contributed by atoms with Crippen LogP contribution in [0.4, 0.5) is 0 Å². The Labute approximate surface area is 158 Å². The Balaban J connectivity index is 1.38. The Morgan fingerprint density at radius 2 is 2.00 bits per heavy atom. The van der Waals surface area contributed by atoms with Gasteiger partial charge in [0.2, 0.25) is 5.91 Å². The number of nitrogens with zero attached hydrogens (tertiary/aromatic N) is 4. The second-order valence-corrected chi connectivity index (χ2v) is 7.04. The molecule has 1 saturated heterocycles.